The number of nitrogens with one attached hydrogen (secondary N) is 1. The average Bonchev–Trinajstić information content (AvgIpc) is 2.74. The zero-order valence-electron chi connectivity index (χ0n) is 9.63. The van der Waals surface area contributed by atoms with E-state index in [1.54, 1.807) is 24.0 Å². The smallest absolute Gasteiger partial charge is 0.292 e. The van der Waals surface area contributed by atoms with Crippen LogP contribution in [-0.2, 0) is 6.54 Å². The minimum atomic E-state index is -0.411. The van der Waals surface area contributed by atoms with Crippen molar-refractivity contribution >= 4 is 23.0 Å². The van der Waals surface area contributed by atoms with Crippen LogP contribution in [0.1, 0.15) is 5.56 Å². The number of nitro benzene ring substituents is 1. The van der Waals surface area contributed by atoms with E-state index in [2.05, 4.69) is 10.4 Å². The van der Waals surface area contributed by atoms with Crippen LogP contribution in [0.2, 0.25) is 5.02 Å². The molecule has 1 heterocycles. The fraction of sp³-hybridized carbons (Fsp3) is 0.182. The maximum atomic E-state index is 10.9. The van der Waals surface area contributed by atoms with Crippen LogP contribution in [-0.4, -0.2) is 21.8 Å². The van der Waals surface area contributed by atoms with Crippen LogP contribution in [0.4, 0.5) is 11.4 Å². The molecule has 94 valence electrons. The largest absolute Gasteiger partial charge is 0.383 e. The second-order valence-corrected chi connectivity index (χ2v) is 4.15. The van der Waals surface area contributed by atoms with E-state index in [4.69, 9.17) is 11.6 Å². The van der Waals surface area contributed by atoms with E-state index in [-0.39, 0.29) is 5.69 Å². The fourth-order valence-corrected chi connectivity index (χ4v) is 1.81. The molecule has 7 heteroatoms. The summed E-state index contributed by atoms with van der Waals surface area (Å²) in [7, 11) is 1.65. The standard InChI is InChI=1S/C11H11ClN4O2/c1-13-10-3-2-8(4-11(10)16(17)18)6-15-7-9(12)5-14-15/h2-5,7,13H,6H2,1H3. The van der Waals surface area contributed by atoms with Crippen LogP contribution in [0.25, 0.3) is 0 Å². The number of halogens is 1. The van der Waals surface area contributed by atoms with Crippen molar-refractivity contribution in [2.24, 2.45) is 0 Å². The Morgan fingerprint density at radius 1 is 1.56 bits per heavy atom. The molecule has 0 unspecified atom stereocenters. The molecule has 1 aromatic heterocycles. The zero-order valence-corrected chi connectivity index (χ0v) is 10.4. The quantitative estimate of drug-likeness (QED) is 0.682. The van der Waals surface area contributed by atoms with Crippen molar-refractivity contribution in [1.82, 2.24) is 9.78 Å². The molecule has 0 spiro atoms. The van der Waals surface area contributed by atoms with E-state index in [1.165, 1.54) is 12.3 Å². The third-order valence-corrected chi connectivity index (χ3v) is 2.67. The SMILES string of the molecule is CNc1ccc(Cn2cc(Cl)cn2)cc1[N+](=O)[O-]. The molecule has 0 amide bonds. The van der Waals surface area contributed by atoms with Gasteiger partial charge in [0.25, 0.3) is 5.69 Å². The Morgan fingerprint density at radius 3 is 2.89 bits per heavy atom. The van der Waals surface area contributed by atoms with Crippen molar-refractivity contribution in [3.63, 3.8) is 0 Å². The van der Waals surface area contributed by atoms with Crippen LogP contribution in [0.5, 0.6) is 0 Å². The number of nitrogens with zero attached hydrogens (tertiary/aromatic N) is 3. The van der Waals surface area contributed by atoms with Gasteiger partial charge in [0.15, 0.2) is 0 Å². The molecule has 2 aromatic rings. The first-order valence-corrected chi connectivity index (χ1v) is 5.61. The first kappa shape index (κ1) is 12.4. The predicted octanol–water partition coefficient (Wildman–Crippen LogP) is 2.53. The molecule has 1 aromatic carbocycles. The van der Waals surface area contributed by atoms with Gasteiger partial charge in [0, 0.05) is 19.3 Å². The molecule has 18 heavy (non-hydrogen) atoms. The molecule has 0 aliphatic heterocycles. The van der Waals surface area contributed by atoms with Gasteiger partial charge in [-0.25, -0.2) is 0 Å². The molecular weight excluding hydrogens is 256 g/mol. The molecule has 0 saturated heterocycles. The normalized spacial score (nSPS) is 10.3. The van der Waals surface area contributed by atoms with Crippen molar-refractivity contribution < 1.29 is 4.92 Å². The minimum Gasteiger partial charge on any atom is -0.383 e. The van der Waals surface area contributed by atoms with Crippen molar-refractivity contribution in [3.8, 4) is 0 Å². The Hall–Kier alpha value is -2.08. The highest BCUT2D eigenvalue weighted by Gasteiger charge is 2.13. The summed E-state index contributed by atoms with van der Waals surface area (Å²) in [5.41, 5.74) is 1.33. The van der Waals surface area contributed by atoms with Crippen LogP contribution in [0.3, 0.4) is 0 Å². The van der Waals surface area contributed by atoms with Gasteiger partial charge in [-0.05, 0) is 11.6 Å². The van der Waals surface area contributed by atoms with Gasteiger partial charge < -0.3 is 5.32 Å². The maximum absolute atomic E-state index is 10.9. The van der Waals surface area contributed by atoms with Gasteiger partial charge in [0.2, 0.25) is 0 Å². The summed E-state index contributed by atoms with van der Waals surface area (Å²) in [6, 6.07) is 5.02. The van der Waals surface area contributed by atoms with Crippen LogP contribution >= 0.6 is 11.6 Å². The Bertz CT molecular complexity index is 582. The summed E-state index contributed by atoms with van der Waals surface area (Å²) < 4.78 is 1.63. The third-order valence-electron chi connectivity index (χ3n) is 2.47. The van der Waals surface area contributed by atoms with E-state index in [1.807, 2.05) is 6.07 Å². The first-order chi connectivity index (χ1) is 8.60. The molecule has 0 aliphatic rings. The molecule has 0 bridgehead atoms. The molecule has 0 aliphatic carbocycles. The lowest BCUT2D eigenvalue weighted by Gasteiger charge is -2.05. The topological polar surface area (TPSA) is 73.0 Å². The highest BCUT2D eigenvalue weighted by atomic mass is 35.5. The number of nitro groups is 1. The molecule has 0 fully saturated rings. The fourth-order valence-electron chi connectivity index (χ4n) is 1.65. The third kappa shape index (κ3) is 2.60. The molecule has 6 nitrogen and oxygen atoms in total. The second-order valence-electron chi connectivity index (χ2n) is 3.71. The number of hydrogen-bond donors (Lipinski definition) is 1. The number of hydrogen-bond acceptors (Lipinski definition) is 4. The van der Waals surface area contributed by atoms with Crippen molar-refractivity contribution in [2.75, 3.05) is 12.4 Å². The lowest BCUT2D eigenvalue weighted by atomic mass is 10.1. The Kier molecular flexibility index (Phi) is 3.47. The van der Waals surface area contributed by atoms with Crippen molar-refractivity contribution in [3.05, 3.63) is 51.3 Å². The van der Waals surface area contributed by atoms with Crippen LogP contribution in [0.15, 0.2) is 30.6 Å². The van der Waals surface area contributed by atoms with Gasteiger partial charge in [-0.2, -0.15) is 5.10 Å². The summed E-state index contributed by atoms with van der Waals surface area (Å²) in [6.07, 6.45) is 3.19. The molecule has 0 atom stereocenters. The molecule has 1 N–H and O–H groups in total. The average molecular weight is 267 g/mol. The first-order valence-electron chi connectivity index (χ1n) is 5.23. The highest BCUT2D eigenvalue weighted by Crippen LogP contribution is 2.25. The summed E-state index contributed by atoms with van der Waals surface area (Å²) in [6.45, 7) is 0.442. The second kappa shape index (κ2) is 5.05. The van der Waals surface area contributed by atoms with Gasteiger partial charge in [0.05, 0.1) is 22.7 Å². The number of benzene rings is 1. The molecule has 0 saturated carbocycles. The molecular formula is C11H11ClN4O2. The number of rotatable bonds is 4. The maximum Gasteiger partial charge on any atom is 0.292 e. The minimum absolute atomic E-state index is 0.0493. The molecule has 0 radical (unpaired) electrons. The number of anilines is 1. The highest BCUT2D eigenvalue weighted by molar-refractivity contribution is 6.30. The van der Waals surface area contributed by atoms with Crippen molar-refractivity contribution in [1.29, 1.82) is 0 Å². The summed E-state index contributed by atoms with van der Waals surface area (Å²) in [5, 5.41) is 18.3. The Balaban J connectivity index is 2.29. The Labute approximate surface area is 108 Å². The van der Waals surface area contributed by atoms with E-state index in [0.29, 0.717) is 17.3 Å². The number of aromatic nitrogens is 2. The van der Waals surface area contributed by atoms with Crippen LogP contribution < -0.4 is 5.32 Å². The van der Waals surface area contributed by atoms with Gasteiger partial charge >= 0.3 is 0 Å². The summed E-state index contributed by atoms with van der Waals surface area (Å²) in [5.74, 6) is 0. The molecule has 2 rings (SSSR count). The zero-order chi connectivity index (χ0) is 13.1. The van der Waals surface area contributed by atoms with Crippen molar-refractivity contribution in [2.45, 2.75) is 6.54 Å². The van der Waals surface area contributed by atoms with E-state index in [0.717, 1.165) is 5.56 Å². The van der Waals surface area contributed by atoms with E-state index < -0.39 is 4.92 Å². The lowest BCUT2D eigenvalue weighted by Crippen LogP contribution is -2.02. The van der Waals surface area contributed by atoms with E-state index >= 15 is 0 Å². The Morgan fingerprint density at radius 2 is 2.33 bits per heavy atom. The van der Waals surface area contributed by atoms with Gasteiger partial charge in [-0.3, -0.25) is 14.8 Å². The van der Waals surface area contributed by atoms with Gasteiger partial charge in [-0.1, -0.05) is 17.7 Å². The summed E-state index contributed by atoms with van der Waals surface area (Å²) in [4.78, 5) is 10.5. The predicted molar refractivity (Wildman–Crippen MR) is 69.0 cm³/mol. The summed E-state index contributed by atoms with van der Waals surface area (Å²) >= 11 is 5.75. The van der Waals surface area contributed by atoms with E-state index in [9.17, 15) is 10.1 Å². The van der Waals surface area contributed by atoms with Gasteiger partial charge in [0.1, 0.15) is 5.69 Å². The van der Waals surface area contributed by atoms with Gasteiger partial charge in [-0.15, -0.1) is 0 Å². The van der Waals surface area contributed by atoms with Crippen LogP contribution in [0, 0.1) is 10.1 Å². The lowest BCUT2D eigenvalue weighted by molar-refractivity contribution is -0.384. The monoisotopic (exact) mass is 266 g/mol.